The minimum Gasteiger partial charge on any atom is -0.379 e. The summed E-state index contributed by atoms with van der Waals surface area (Å²) in [5.41, 5.74) is -0.348. The zero-order valence-electron chi connectivity index (χ0n) is 10.0. The van der Waals surface area contributed by atoms with Gasteiger partial charge in [0.25, 0.3) is 0 Å². The molecule has 1 aliphatic carbocycles. The first-order valence-corrected chi connectivity index (χ1v) is 6.21. The largest absolute Gasteiger partial charge is 0.379 e. The summed E-state index contributed by atoms with van der Waals surface area (Å²) in [5.74, 6) is 0. The van der Waals surface area contributed by atoms with Crippen LogP contribution in [0.4, 0.5) is 0 Å². The molecule has 90 valence electrons. The number of morpholine rings is 1. The van der Waals surface area contributed by atoms with Crippen LogP contribution < -0.4 is 5.32 Å². The van der Waals surface area contributed by atoms with E-state index in [1.165, 1.54) is 12.8 Å². The van der Waals surface area contributed by atoms with Gasteiger partial charge in [-0.15, -0.1) is 0 Å². The molecule has 2 fully saturated rings. The minimum atomic E-state index is -0.348. The van der Waals surface area contributed by atoms with E-state index in [-0.39, 0.29) is 5.54 Å². The molecule has 4 heteroatoms. The summed E-state index contributed by atoms with van der Waals surface area (Å²) in [7, 11) is 0. The molecule has 0 amide bonds. The molecule has 1 atom stereocenters. The molecule has 0 aromatic carbocycles. The molecule has 1 aliphatic heterocycles. The van der Waals surface area contributed by atoms with Gasteiger partial charge >= 0.3 is 0 Å². The number of nitriles is 1. The molecule has 0 aromatic rings. The normalized spacial score (nSPS) is 26.0. The summed E-state index contributed by atoms with van der Waals surface area (Å²) < 4.78 is 5.31. The average molecular weight is 223 g/mol. The van der Waals surface area contributed by atoms with Crippen molar-refractivity contribution in [2.24, 2.45) is 0 Å². The molecule has 16 heavy (non-hydrogen) atoms. The topological polar surface area (TPSA) is 48.3 Å². The molecule has 0 radical (unpaired) electrons. The zero-order valence-corrected chi connectivity index (χ0v) is 10.0. The number of nitrogens with one attached hydrogen (secondary N) is 1. The molecule has 1 unspecified atom stereocenters. The Kier molecular flexibility index (Phi) is 3.80. The van der Waals surface area contributed by atoms with Crippen molar-refractivity contribution in [1.29, 1.82) is 5.26 Å². The molecule has 0 bridgehead atoms. The van der Waals surface area contributed by atoms with Crippen LogP contribution in [0.1, 0.15) is 26.2 Å². The Balaban J connectivity index is 1.74. The van der Waals surface area contributed by atoms with Gasteiger partial charge in [0.1, 0.15) is 5.54 Å². The number of rotatable bonds is 5. The van der Waals surface area contributed by atoms with Gasteiger partial charge in [-0.25, -0.2) is 0 Å². The number of hydrogen-bond donors (Lipinski definition) is 1. The van der Waals surface area contributed by atoms with Crippen molar-refractivity contribution in [2.45, 2.75) is 37.8 Å². The SMILES string of the molecule is CC(C#N)(CCN1CCOCC1)NC1CC1. The van der Waals surface area contributed by atoms with Gasteiger partial charge in [0.15, 0.2) is 0 Å². The van der Waals surface area contributed by atoms with Crippen LogP contribution in [0, 0.1) is 11.3 Å². The van der Waals surface area contributed by atoms with Crippen LogP contribution in [0.15, 0.2) is 0 Å². The molecule has 1 heterocycles. The highest BCUT2D eigenvalue weighted by molar-refractivity contribution is 5.07. The Morgan fingerprint density at radius 1 is 1.44 bits per heavy atom. The summed E-state index contributed by atoms with van der Waals surface area (Å²) >= 11 is 0. The number of hydrogen-bond acceptors (Lipinski definition) is 4. The maximum absolute atomic E-state index is 9.24. The molecule has 0 spiro atoms. The number of nitrogens with zero attached hydrogens (tertiary/aromatic N) is 2. The first-order valence-electron chi connectivity index (χ1n) is 6.21. The van der Waals surface area contributed by atoms with Gasteiger partial charge in [-0.05, 0) is 26.2 Å². The lowest BCUT2D eigenvalue weighted by Gasteiger charge is -2.30. The fourth-order valence-electron chi connectivity index (χ4n) is 2.05. The minimum absolute atomic E-state index is 0.348. The van der Waals surface area contributed by atoms with Gasteiger partial charge in [0.05, 0.1) is 19.3 Å². The standard InChI is InChI=1S/C12H21N3O/c1-12(10-13,14-11-2-3-11)4-5-15-6-8-16-9-7-15/h11,14H,2-9H2,1H3. The van der Waals surface area contributed by atoms with E-state index in [0.717, 1.165) is 39.3 Å². The van der Waals surface area contributed by atoms with Crippen LogP contribution in [-0.2, 0) is 4.74 Å². The third-order valence-electron chi connectivity index (χ3n) is 3.38. The third kappa shape index (κ3) is 3.44. The maximum atomic E-state index is 9.24. The molecule has 2 rings (SSSR count). The summed E-state index contributed by atoms with van der Waals surface area (Å²) in [4.78, 5) is 2.38. The van der Waals surface area contributed by atoms with Crippen LogP contribution in [-0.4, -0.2) is 49.3 Å². The number of ether oxygens (including phenoxy) is 1. The Bertz CT molecular complexity index is 266. The lowest BCUT2D eigenvalue weighted by Crippen LogP contribution is -2.46. The van der Waals surface area contributed by atoms with Crippen LogP contribution in [0.25, 0.3) is 0 Å². The quantitative estimate of drug-likeness (QED) is 0.747. The van der Waals surface area contributed by atoms with E-state index in [4.69, 9.17) is 4.74 Å². The molecule has 0 aromatic heterocycles. The monoisotopic (exact) mass is 223 g/mol. The molecule has 2 aliphatic rings. The van der Waals surface area contributed by atoms with Gasteiger partial charge < -0.3 is 4.74 Å². The smallest absolute Gasteiger partial charge is 0.105 e. The summed E-state index contributed by atoms with van der Waals surface area (Å²) in [6.07, 6.45) is 3.36. The van der Waals surface area contributed by atoms with Gasteiger partial charge in [-0.1, -0.05) is 0 Å². The van der Waals surface area contributed by atoms with Gasteiger partial charge in [0, 0.05) is 25.7 Å². The second kappa shape index (κ2) is 5.13. The van der Waals surface area contributed by atoms with E-state index < -0.39 is 0 Å². The Hall–Kier alpha value is -0.630. The van der Waals surface area contributed by atoms with Crippen molar-refractivity contribution < 1.29 is 4.74 Å². The maximum Gasteiger partial charge on any atom is 0.105 e. The van der Waals surface area contributed by atoms with Crippen molar-refractivity contribution in [2.75, 3.05) is 32.8 Å². The summed E-state index contributed by atoms with van der Waals surface area (Å²) in [6, 6.07) is 3.01. The Morgan fingerprint density at radius 3 is 2.69 bits per heavy atom. The second-order valence-corrected chi connectivity index (χ2v) is 5.07. The fourth-order valence-corrected chi connectivity index (χ4v) is 2.05. The van der Waals surface area contributed by atoms with E-state index in [1.54, 1.807) is 0 Å². The Labute approximate surface area is 97.6 Å². The van der Waals surface area contributed by atoms with Crippen molar-refractivity contribution >= 4 is 0 Å². The predicted molar refractivity (Wildman–Crippen MR) is 62.1 cm³/mol. The summed E-state index contributed by atoms with van der Waals surface area (Å²) in [6.45, 7) is 6.69. The molecular weight excluding hydrogens is 202 g/mol. The predicted octanol–water partition coefficient (Wildman–Crippen LogP) is 0.743. The second-order valence-electron chi connectivity index (χ2n) is 5.07. The first-order chi connectivity index (χ1) is 7.72. The highest BCUT2D eigenvalue weighted by atomic mass is 16.5. The van der Waals surface area contributed by atoms with Crippen LogP contribution in [0.3, 0.4) is 0 Å². The van der Waals surface area contributed by atoms with Gasteiger partial charge in [0.2, 0.25) is 0 Å². The lowest BCUT2D eigenvalue weighted by atomic mass is 9.99. The highest BCUT2D eigenvalue weighted by Gasteiger charge is 2.32. The lowest BCUT2D eigenvalue weighted by molar-refractivity contribution is 0.0351. The fraction of sp³-hybridized carbons (Fsp3) is 0.917. The molecule has 1 saturated heterocycles. The van der Waals surface area contributed by atoms with Crippen molar-refractivity contribution in [3.63, 3.8) is 0 Å². The molecule has 4 nitrogen and oxygen atoms in total. The molecule has 1 saturated carbocycles. The van der Waals surface area contributed by atoms with Gasteiger partial charge in [-0.3, -0.25) is 10.2 Å². The van der Waals surface area contributed by atoms with Crippen molar-refractivity contribution in [1.82, 2.24) is 10.2 Å². The van der Waals surface area contributed by atoms with E-state index in [2.05, 4.69) is 16.3 Å². The molecule has 1 N–H and O–H groups in total. The highest BCUT2D eigenvalue weighted by Crippen LogP contribution is 2.23. The van der Waals surface area contributed by atoms with E-state index in [9.17, 15) is 5.26 Å². The van der Waals surface area contributed by atoms with E-state index in [0.29, 0.717) is 6.04 Å². The van der Waals surface area contributed by atoms with Crippen molar-refractivity contribution in [3.8, 4) is 6.07 Å². The molecular formula is C12H21N3O. The Morgan fingerprint density at radius 2 is 2.12 bits per heavy atom. The van der Waals surface area contributed by atoms with E-state index in [1.807, 2.05) is 6.92 Å². The third-order valence-corrected chi connectivity index (χ3v) is 3.38. The van der Waals surface area contributed by atoms with Crippen LogP contribution in [0.2, 0.25) is 0 Å². The first kappa shape index (κ1) is 11.8. The van der Waals surface area contributed by atoms with Crippen molar-refractivity contribution in [3.05, 3.63) is 0 Å². The van der Waals surface area contributed by atoms with Crippen LogP contribution >= 0.6 is 0 Å². The van der Waals surface area contributed by atoms with Gasteiger partial charge in [-0.2, -0.15) is 5.26 Å². The van der Waals surface area contributed by atoms with Crippen LogP contribution in [0.5, 0.6) is 0 Å². The van der Waals surface area contributed by atoms with E-state index >= 15 is 0 Å². The average Bonchev–Trinajstić information content (AvgIpc) is 3.12. The zero-order chi connectivity index (χ0) is 11.4. The summed E-state index contributed by atoms with van der Waals surface area (Å²) in [5, 5.41) is 12.7.